The molecule has 2 aromatic rings. The van der Waals surface area contributed by atoms with E-state index in [0.29, 0.717) is 5.82 Å². The highest BCUT2D eigenvalue weighted by molar-refractivity contribution is 5.56. The maximum absolute atomic E-state index is 9.41. The molecule has 4 nitrogen and oxygen atoms in total. The first-order chi connectivity index (χ1) is 7.83. The van der Waals surface area contributed by atoms with Crippen molar-refractivity contribution in [2.75, 3.05) is 0 Å². The normalized spacial score (nSPS) is 14.8. The van der Waals surface area contributed by atoms with Crippen molar-refractivity contribution in [3.63, 3.8) is 0 Å². The van der Waals surface area contributed by atoms with Crippen molar-refractivity contribution >= 4 is 0 Å². The number of rotatable bonds is 1. The average Bonchev–Trinajstić information content (AvgIpc) is 2.72. The maximum Gasteiger partial charge on any atom is 0.181 e. The van der Waals surface area contributed by atoms with Gasteiger partial charge in [-0.1, -0.05) is 12.1 Å². The zero-order valence-corrected chi connectivity index (χ0v) is 8.93. The molecule has 0 fully saturated rings. The van der Waals surface area contributed by atoms with Crippen LogP contribution in [0.1, 0.15) is 18.7 Å². The lowest BCUT2D eigenvalue weighted by atomic mass is 10.2. The van der Waals surface area contributed by atoms with Gasteiger partial charge in [0.25, 0.3) is 0 Å². The predicted octanol–water partition coefficient (Wildman–Crippen LogP) is 1.99. The van der Waals surface area contributed by atoms with E-state index in [9.17, 15) is 5.11 Å². The maximum atomic E-state index is 9.41. The van der Waals surface area contributed by atoms with E-state index in [-0.39, 0.29) is 5.75 Å². The van der Waals surface area contributed by atoms with Crippen molar-refractivity contribution in [1.82, 2.24) is 14.8 Å². The fraction of sp³-hybridized carbons (Fsp3) is 0.333. The molecule has 0 amide bonds. The highest BCUT2D eigenvalue weighted by Gasteiger charge is 2.14. The van der Waals surface area contributed by atoms with Crippen LogP contribution in [0, 0.1) is 0 Å². The number of phenolic OH excluding ortho intramolecular Hbond substituents is 1. The Hall–Kier alpha value is -1.84. The minimum absolute atomic E-state index is 0.255. The molecule has 1 aromatic carbocycles. The lowest BCUT2D eigenvalue weighted by Gasteiger charge is -2.09. The molecule has 0 saturated carbocycles. The van der Waals surface area contributed by atoms with Crippen LogP contribution < -0.4 is 0 Å². The fourth-order valence-corrected chi connectivity index (χ4v) is 2.05. The van der Waals surface area contributed by atoms with Crippen molar-refractivity contribution in [2.45, 2.75) is 25.8 Å². The molecule has 0 radical (unpaired) electrons. The summed E-state index contributed by atoms with van der Waals surface area (Å²) < 4.78 is 1.98. The second-order valence-electron chi connectivity index (χ2n) is 4.08. The SMILES string of the molecule is Oc1cccc(-c2nc3n(n2)CCCC3)c1. The Kier molecular flexibility index (Phi) is 2.13. The largest absolute Gasteiger partial charge is 0.508 e. The minimum atomic E-state index is 0.255. The van der Waals surface area contributed by atoms with Crippen molar-refractivity contribution < 1.29 is 5.11 Å². The molecule has 1 aromatic heterocycles. The molecule has 82 valence electrons. The summed E-state index contributed by atoms with van der Waals surface area (Å²) in [6.07, 6.45) is 3.37. The second-order valence-corrected chi connectivity index (χ2v) is 4.08. The van der Waals surface area contributed by atoms with Gasteiger partial charge in [-0.25, -0.2) is 9.67 Å². The van der Waals surface area contributed by atoms with Crippen LogP contribution in [0.15, 0.2) is 24.3 Å². The number of aryl methyl sites for hydroxylation is 2. The van der Waals surface area contributed by atoms with Crippen LogP contribution in [0.25, 0.3) is 11.4 Å². The quantitative estimate of drug-likeness (QED) is 0.791. The van der Waals surface area contributed by atoms with Crippen LogP contribution in [0.3, 0.4) is 0 Å². The lowest BCUT2D eigenvalue weighted by molar-refractivity contribution is 0.475. The van der Waals surface area contributed by atoms with E-state index in [4.69, 9.17) is 0 Å². The standard InChI is InChI=1S/C12H13N3O/c16-10-5-3-4-9(8-10)12-13-11-6-1-2-7-15(11)14-12/h3-5,8,16H,1-2,6-7H2. The second kappa shape index (κ2) is 3.63. The van der Waals surface area contributed by atoms with E-state index in [2.05, 4.69) is 10.1 Å². The summed E-state index contributed by atoms with van der Waals surface area (Å²) in [6, 6.07) is 7.08. The molecule has 3 rings (SSSR count). The van der Waals surface area contributed by atoms with Crippen LogP contribution >= 0.6 is 0 Å². The lowest BCUT2D eigenvalue weighted by Crippen LogP contribution is -2.11. The number of fused-ring (bicyclic) bond motifs is 1. The van der Waals surface area contributed by atoms with Gasteiger partial charge in [0.1, 0.15) is 11.6 Å². The van der Waals surface area contributed by atoms with Crippen molar-refractivity contribution in [2.24, 2.45) is 0 Å². The third-order valence-corrected chi connectivity index (χ3v) is 2.87. The molecule has 0 unspecified atom stereocenters. The third kappa shape index (κ3) is 1.56. The van der Waals surface area contributed by atoms with Crippen LogP contribution in [-0.2, 0) is 13.0 Å². The van der Waals surface area contributed by atoms with Gasteiger partial charge in [-0.05, 0) is 25.0 Å². The van der Waals surface area contributed by atoms with Crippen LogP contribution in [0.4, 0.5) is 0 Å². The molecule has 16 heavy (non-hydrogen) atoms. The van der Waals surface area contributed by atoms with Gasteiger partial charge in [0.2, 0.25) is 0 Å². The highest BCUT2D eigenvalue weighted by Crippen LogP contribution is 2.22. The van der Waals surface area contributed by atoms with Crippen LogP contribution in [0.5, 0.6) is 5.75 Å². The molecule has 2 heterocycles. The Bertz CT molecular complexity index is 495. The summed E-state index contributed by atoms with van der Waals surface area (Å²) >= 11 is 0. The number of aromatic hydroxyl groups is 1. The summed E-state index contributed by atoms with van der Waals surface area (Å²) in [5.41, 5.74) is 0.877. The van der Waals surface area contributed by atoms with Gasteiger partial charge in [-0.15, -0.1) is 0 Å². The van der Waals surface area contributed by atoms with E-state index in [1.54, 1.807) is 12.1 Å². The zero-order valence-electron chi connectivity index (χ0n) is 8.93. The number of phenols is 1. The van der Waals surface area contributed by atoms with E-state index in [0.717, 1.165) is 24.4 Å². The zero-order chi connectivity index (χ0) is 11.0. The topological polar surface area (TPSA) is 50.9 Å². The fourth-order valence-electron chi connectivity index (χ4n) is 2.05. The van der Waals surface area contributed by atoms with Gasteiger partial charge in [0.15, 0.2) is 5.82 Å². The Labute approximate surface area is 93.6 Å². The minimum Gasteiger partial charge on any atom is -0.508 e. The molecule has 4 heteroatoms. The van der Waals surface area contributed by atoms with Crippen molar-refractivity contribution in [3.8, 4) is 17.1 Å². The molecule has 1 N–H and O–H groups in total. The molecular weight excluding hydrogens is 202 g/mol. The number of nitrogens with zero attached hydrogens (tertiary/aromatic N) is 3. The Balaban J connectivity index is 2.03. The van der Waals surface area contributed by atoms with Gasteiger partial charge in [-0.2, -0.15) is 5.10 Å². The van der Waals surface area contributed by atoms with Crippen molar-refractivity contribution in [1.29, 1.82) is 0 Å². The first-order valence-electron chi connectivity index (χ1n) is 5.56. The molecule has 0 aliphatic carbocycles. The van der Waals surface area contributed by atoms with Gasteiger partial charge >= 0.3 is 0 Å². The monoisotopic (exact) mass is 215 g/mol. The number of hydrogen-bond donors (Lipinski definition) is 1. The van der Waals surface area contributed by atoms with E-state index < -0.39 is 0 Å². The summed E-state index contributed by atoms with van der Waals surface area (Å²) in [5, 5.41) is 13.9. The van der Waals surface area contributed by atoms with Crippen LogP contribution in [0.2, 0.25) is 0 Å². The Morgan fingerprint density at radius 2 is 2.19 bits per heavy atom. The molecule has 0 atom stereocenters. The average molecular weight is 215 g/mol. The first kappa shape index (κ1) is 9.39. The number of benzene rings is 1. The Morgan fingerprint density at radius 3 is 3.00 bits per heavy atom. The van der Waals surface area contributed by atoms with E-state index in [1.807, 2.05) is 16.8 Å². The third-order valence-electron chi connectivity index (χ3n) is 2.87. The summed E-state index contributed by atoms with van der Waals surface area (Å²) in [5.74, 6) is 2.03. The van der Waals surface area contributed by atoms with E-state index >= 15 is 0 Å². The molecule has 0 spiro atoms. The van der Waals surface area contributed by atoms with Gasteiger partial charge in [-0.3, -0.25) is 0 Å². The summed E-state index contributed by atoms with van der Waals surface area (Å²) in [7, 11) is 0. The summed E-state index contributed by atoms with van der Waals surface area (Å²) in [6.45, 7) is 0.959. The number of hydrogen-bond acceptors (Lipinski definition) is 3. The predicted molar refractivity (Wildman–Crippen MR) is 60.1 cm³/mol. The van der Waals surface area contributed by atoms with Crippen molar-refractivity contribution in [3.05, 3.63) is 30.1 Å². The van der Waals surface area contributed by atoms with E-state index in [1.165, 1.54) is 12.8 Å². The number of aromatic nitrogens is 3. The highest BCUT2D eigenvalue weighted by atomic mass is 16.3. The molecule has 1 aliphatic rings. The summed E-state index contributed by atoms with van der Waals surface area (Å²) in [4.78, 5) is 4.50. The Morgan fingerprint density at radius 1 is 1.25 bits per heavy atom. The van der Waals surface area contributed by atoms with Gasteiger partial charge in [0.05, 0.1) is 0 Å². The first-order valence-corrected chi connectivity index (χ1v) is 5.56. The van der Waals surface area contributed by atoms with Gasteiger partial charge in [0, 0.05) is 18.5 Å². The molecule has 0 bridgehead atoms. The molecule has 0 saturated heterocycles. The van der Waals surface area contributed by atoms with Crippen LogP contribution in [-0.4, -0.2) is 19.9 Å². The van der Waals surface area contributed by atoms with Gasteiger partial charge < -0.3 is 5.11 Å². The smallest absolute Gasteiger partial charge is 0.181 e. The molecular formula is C12H13N3O. The molecule has 1 aliphatic heterocycles.